The minimum atomic E-state index is -0.843. The van der Waals surface area contributed by atoms with Gasteiger partial charge in [-0.2, -0.15) is 0 Å². The van der Waals surface area contributed by atoms with Crippen molar-refractivity contribution in [2.24, 2.45) is 0 Å². The van der Waals surface area contributed by atoms with Crippen molar-refractivity contribution in [1.29, 1.82) is 0 Å². The van der Waals surface area contributed by atoms with Crippen molar-refractivity contribution in [3.63, 3.8) is 0 Å². The molecule has 1 aromatic heterocycles. The van der Waals surface area contributed by atoms with Crippen LogP contribution < -0.4 is 4.90 Å². The van der Waals surface area contributed by atoms with E-state index in [4.69, 9.17) is 4.74 Å². The van der Waals surface area contributed by atoms with E-state index in [9.17, 15) is 9.90 Å². The summed E-state index contributed by atoms with van der Waals surface area (Å²) in [5.41, 5.74) is 0.798. The lowest BCUT2D eigenvalue weighted by molar-refractivity contribution is 0.0299. The molecule has 2 fully saturated rings. The summed E-state index contributed by atoms with van der Waals surface area (Å²) in [6.07, 6.45) is 3.28. The molecule has 2 unspecified atom stereocenters. The third kappa shape index (κ3) is 2.54. The SMILES string of the molecule is CCC1COC(C)CN1c1nc(C2CC2)c(C(=O)O)s1. The molecule has 0 aromatic carbocycles. The zero-order valence-corrected chi connectivity index (χ0v) is 12.7. The third-order valence-corrected chi connectivity index (χ3v) is 5.08. The molecule has 0 spiro atoms. The van der Waals surface area contributed by atoms with E-state index in [1.54, 1.807) is 0 Å². The van der Waals surface area contributed by atoms with Crippen molar-refractivity contribution < 1.29 is 14.6 Å². The lowest BCUT2D eigenvalue weighted by Gasteiger charge is -2.38. The number of ether oxygens (including phenoxy) is 1. The molecule has 1 aromatic rings. The summed E-state index contributed by atoms with van der Waals surface area (Å²) in [6.45, 7) is 5.66. The van der Waals surface area contributed by atoms with Crippen molar-refractivity contribution in [3.05, 3.63) is 10.6 Å². The Morgan fingerprint density at radius 2 is 2.30 bits per heavy atom. The van der Waals surface area contributed by atoms with E-state index in [1.165, 1.54) is 11.3 Å². The summed E-state index contributed by atoms with van der Waals surface area (Å²) in [6, 6.07) is 0.297. The van der Waals surface area contributed by atoms with Crippen LogP contribution in [0.25, 0.3) is 0 Å². The fourth-order valence-corrected chi connectivity index (χ4v) is 3.72. The highest BCUT2D eigenvalue weighted by molar-refractivity contribution is 7.17. The number of carboxylic acids is 1. The number of carboxylic acid groups (broad SMARTS) is 1. The Morgan fingerprint density at radius 3 is 2.90 bits per heavy atom. The van der Waals surface area contributed by atoms with Crippen LogP contribution in [0.3, 0.4) is 0 Å². The minimum absolute atomic E-state index is 0.166. The number of carbonyl (C=O) groups is 1. The second-order valence-corrected chi connectivity index (χ2v) is 6.63. The Morgan fingerprint density at radius 1 is 1.55 bits per heavy atom. The summed E-state index contributed by atoms with van der Waals surface area (Å²) in [7, 11) is 0. The summed E-state index contributed by atoms with van der Waals surface area (Å²) >= 11 is 1.32. The van der Waals surface area contributed by atoms with Gasteiger partial charge in [0, 0.05) is 12.5 Å². The number of aromatic nitrogens is 1. The van der Waals surface area contributed by atoms with E-state index >= 15 is 0 Å². The fourth-order valence-electron chi connectivity index (χ4n) is 2.65. The van der Waals surface area contributed by atoms with Gasteiger partial charge in [0.1, 0.15) is 4.88 Å². The predicted molar refractivity (Wildman–Crippen MR) is 77.9 cm³/mol. The predicted octanol–water partition coefficient (Wildman–Crippen LogP) is 2.72. The van der Waals surface area contributed by atoms with Crippen LogP contribution in [0.1, 0.15) is 54.4 Å². The molecule has 2 aliphatic rings. The molecule has 1 N–H and O–H groups in total. The van der Waals surface area contributed by atoms with Crippen molar-refractivity contribution in [3.8, 4) is 0 Å². The molecule has 2 atom stereocenters. The molecule has 20 heavy (non-hydrogen) atoms. The number of rotatable bonds is 4. The highest BCUT2D eigenvalue weighted by atomic mass is 32.1. The molecule has 1 aliphatic carbocycles. The number of aromatic carboxylic acids is 1. The van der Waals surface area contributed by atoms with Crippen LogP contribution in [0.5, 0.6) is 0 Å². The minimum Gasteiger partial charge on any atom is -0.477 e. The van der Waals surface area contributed by atoms with Gasteiger partial charge in [-0.3, -0.25) is 0 Å². The lowest BCUT2D eigenvalue weighted by atomic mass is 10.1. The number of nitrogens with zero attached hydrogens (tertiary/aromatic N) is 2. The van der Waals surface area contributed by atoms with Gasteiger partial charge in [-0.25, -0.2) is 9.78 Å². The van der Waals surface area contributed by atoms with Gasteiger partial charge >= 0.3 is 5.97 Å². The first-order chi connectivity index (χ1) is 9.60. The van der Waals surface area contributed by atoms with E-state index in [0.29, 0.717) is 23.4 Å². The fraction of sp³-hybridized carbons (Fsp3) is 0.714. The van der Waals surface area contributed by atoms with E-state index in [2.05, 4.69) is 16.8 Å². The number of morpholine rings is 1. The van der Waals surface area contributed by atoms with E-state index < -0.39 is 5.97 Å². The Balaban J connectivity index is 1.91. The lowest BCUT2D eigenvalue weighted by Crippen LogP contribution is -2.48. The zero-order valence-electron chi connectivity index (χ0n) is 11.8. The van der Waals surface area contributed by atoms with Gasteiger partial charge in [-0.1, -0.05) is 18.3 Å². The van der Waals surface area contributed by atoms with Crippen molar-refractivity contribution in [2.75, 3.05) is 18.1 Å². The Hall–Kier alpha value is -1.14. The number of thiazole rings is 1. The average molecular weight is 296 g/mol. The van der Waals surface area contributed by atoms with Gasteiger partial charge in [0.15, 0.2) is 5.13 Å². The normalized spacial score (nSPS) is 26.8. The molecule has 110 valence electrons. The molecular formula is C14H20N2O3S. The van der Waals surface area contributed by atoms with E-state index in [-0.39, 0.29) is 6.10 Å². The van der Waals surface area contributed by atoms with E-state index in [0.717, 1.165) is 36.6 Å². The number of hydrogen-bond acceptors (Lipinski definition) is 5. The summed E-state index contributed by atoms with van der Waals surface area (Å²) in [4.78, 5) is 18.7. The van der Waals surface area contributed by atoms with Gasteiger partial charge in [0.05, 0.1) is 24.4 Å². The molecule has 0 radical (unpaired) electrons. The Bertz CT molecular complexity index is 513. The van der Waals surface area contributed by atoms with Gasteiger partial charge in [0.2, 0.25) is 0 Å². The highest BCUT2D eigenvalue weighted by Crippen LogP contribution is 2.44. The van der Waals surface area contributed by atoms with Crippen LogP contribution in [0.15, 0.2) is 0 Å². The summed E-state index contributed by atoms with van der Waals surface area (Å²) in [5.74, 6) is -0.477. The summed E-state index contributed by atoms with van der Waals surface area (Å²) in [5, 5.41) is 10.2. The van der Waals surface area contributed by atoms with Crippen molar-refractivity contribution in [2.45, 2.75) is 51.2 Å². The molecule has 1 saturated heterocycles. The Kier molecular flexibility index (Phi) is 3.69. The molecule has 3 rings (SSSR count). The highest BCUT2D eigenvalue weighted by Gasteiger charge is 2.35. The molecule has 0 amide bonds. The molecule has 0 bridgehead atoms. The summed E-state index contributed by atoms with van der Waals surface area (Å²) < 4.78 is 5.70. The molecule has 1 aliphatic heterocycles. The average Bonchev–Trinajstić information content (AvgIpc) is 3.17. The van der Waals surface area contributed by atoms with Gasteiger partial charge in [-0.15, -0.1) is 0 Å². The largest absolute Gasteiger partial charge is 0.477 e. The molecule has 1 saturated carbocycles. The molecule has 2 heterocycles. The Labute approximate surface area is 122 Å². The first-order valence-corrected chi connectivity index (χ1v) is 8.04. The van der Waals surface area contributed by atoms with Gasteiger partial charge < -0.3 is 14.7 Å². The van der Waals surface area contributed by atoms with Crippen molar-refractivity contribution >= 4 is 22.4 Å². The molecular weight excluding hydrogens is 276 g/mol. The van der Waals surface area contributed by atoms with Gasteiger partial charge in [-0.05, 0) is 26.2 Å². The van der Waals surface area contributed by atoms with Crippen LogP contribution in [0.2, 0.25) is 0 Å². The molecule has 5 nitrogen and oxygen atoms in total. The number of hydrogen-bond donors (Lipinski definition) is 1. The van der Waals surface area contributed by atoms with Crippen LogP contribution in [0, 0.1) is 0 Å². The monoisotopic (exact) mass is 296 g/mol. The van der Waals surface area contributed by atoms with Crippen LogP contribution in [0.4, 0.5) is 5.13 Å². The zero-order chi connectivity index (χ0) is 14.3. The quantitative estimate of drug-likeness (QED) is 0.925. The number of anilines is 1. The standard InChI is InChI=1S/C14H20N2O3S/c1-3-10-7-19-8(2)6-16(10)14-15-11(9-4-5-9)12(20-14)13(17)18/h8-10H,3-7H2,1-2H3,(H,17,18). The smallest absolute Gasteiger partial charge is 0.347 e. The maximum atomic E-state index is 11.4. The first-order valence-electron chi connectivity index (χ1n) is 7.22. The second-order valence-electron chi connectivity index (χ2n) is 5.65. The third-order valence-electron chi connectivity index (χ3n) is 3.99. The maximum absolute atomic E-state index is 11.4. The van der Waals surface area contributed by atoms with Crippen LogP contribution in [-0.4, -0.2) is 41.4 Å². The maximum Gasteiger partial charge on any atom is 0.347 e. The first kappa shape index (κ1) is 13.8. The van der Waals surface area contributed by atoms with E-state index in [1.807, 2.05) is 6.92 Å². The topological polar surface area (TPSA) is 62.7 Å². The van der Waals surface area contributed by atoms with Crippen molar-refractivity contribution in [1.82, 2.24) is 4.98 Å². The second kappa shape index (κ2) is 5.33. The van der Waals surface area contributed by atoms with Crippen LogP contribution >= 0.6 is 11.3 Å². The van der Waals surface area contributed by atoms with Crippen LogP contribution in [-0.2, 0) is 4.74 Å². The van der Waals surface area contributed by atoms with Gasteiger partial charge in [0.25, 0.3) is 0 Å². The molecule has 6 heteroatoms.